The highest BCUT2D eigenvalue weighted by Crippen LogP contribution is 2.16. The Balaban J connectivity index is 2.63. The molecule has 20 heavy (non-hydrogen) atoms. The summed E-state index contributed by atoms with van der Waals surface area (Å²) in [4.78, 5) is 0. The summed E-state index contributed by atoms with van der Waals surface area (Å²) in [6, 6.07) is 7.21. The number of para-hydroxylation sites is 1. The van der Waals surface area contributed by atoms with E-state index in [2.05, 4.69) is 11.8 Å². The Bertz CT molecular complexity index is 567. The lowest BCUT2D eigenvalue weighted by Crippen LogP contribution is -2.17. The van der Waals surface area contributed by atoms with E-state index in [9.17, 15) is 8.42 Å². The first kappa shape index (κ1) is 16.5. The molecule has 0 radical (unpaired) electrons. The number of hydrogen-bond donors (Lipinski definition) is 1. The SMILES string of the molecule is CCCS(=O)(=O)CCOc1ccccc1C#CCCO. The standard InChI is InChI=1S/C15H20O4S/c1-2-12-20(17,18)13-11-19-15-9-4-3-7-14(15)8-5-6-10-16/h3-4,7,9,16H,2,6,10-13H2,1H3. The number of rotatable bonds is 7. The van der Waals surface area contributed by atoms with Gasteiger partial charge in [0.05, 0.1) is 23.7 Å². The summed E-state index contributed by atoms with van der Waals surface area (Å²) in [6.07, 6.45) is 1.02. The minimum Gasteiger partial charge on any atom is -0.491 e. The van der Waals surface area contributed by atoms with Gasteiger partial charge in [0.15, 0.2) is 9.84 Å². The molecule has 5 heteroatoms. The van der Waals surface area contributed by atoms with E-state index in [0.717, 1.165) is 0 Å². The van der Waals surface area contributed by atoms with Crippen molar-refractivity contribution in [2.45, 2.75) is 19.8 Å². The summed E-state index contributed by atoms with van der Waals surface area (Å²) in [5.74, 6) is 6.50. The first-order valence-electron chi connectivity index (χ1n) is 6.61. The Kier molecular flexibility index (Phi) is 7.13. The van der Waals surface area contributed by atoms with Crippen molar-refractivity contribution in [3.8, 4) is 17.6 Å². The van der Waals surface area contributed by atoms with Crippen LogP contribution in [0.3, 0.4) is 0 Å². The highest BCUT2D eigenvalue weighted by molar-refractivity contribution is 7.91. The lowest BCUT2D eigenvalue weighted by Gasteiger charge is -2.08. The highest BCUT2D eigenvalue weighted by Gasteiger charge is 2.10. The normalized spacial score (nSPS) is 10.7. The molecule has 0 spiro atoms. The molecule has 0 heterocycles. The van der Waals surface area contributed by atoms with Crippen LogP contribution in [0.25, 0.3) is 0 Å². The number of ether oxygens (including phenoxy) is 1. The predicted molar refractivity (Wildman–Crippen MR) is 79.5 cm³/mol. The molecule has 1 aromatic rings. The molecule has 0 amide bonds. The van der Waals surface area contributed by atoms with E-state index in [-0.39, 0.29) is 24.7 Å². The van der Waals surface area contributed by atoms with Gasteiger partial charge in [0.1, 0.15) is 12.4 Å². The second kappa shape index (κ2) is 8.62. The third kappa shape index (κ3) is 6.09. The number of benzene rings is 1. The molecule has 0 fully saturated rings. The van der Waals surface area contributed by atoms with Crippen LogP contribution in [0.1, 0.15) is 25.3 Å². The van der Waals surface area contributed by atoms with Crippen LogP contribution in [0, 0.1) is 11.8 Å². The van der Waals surface area contributed by atoms with E-state index >= 15 is 0 Å². The van der Waals surface area contributed by atoms with E-state index in [1.54, 1.807) is 12.1 Å². The largest absolute Gasteiger partial charge is 0.491 e. The molecule has 1 rings (SSSR count). The Morgan fingerprint density at radius 3 is 2.70 bits per heavy atom. The van der Waals surface area contributed by atoms with Gasteiger partial charge >= 0.3 is 0 Å². The molecule has 0 bridgehead atoms. The van der Waals surface area contributed by atoms with E-state index in [1.807, 2.05) is 19.1 Å². The fraction of sp³-hybridized carbons (Fsp3) is 0.467. The van der Waals surface area contributed by atoms with Gasteiger partial charge in [-0.05, 0) is 18.6 Å². The predicted octanol–water partition coefficient (Wildman–Crippen LogP) is 1.62. The molecule has 0 unspecified atom stereocenters. The van der Waals surface area contributed by atoms with Crippen LogP contribution in [0.4, 0.5) is 0 Å². The molecule has 1 N–H and O–H groups in total. The van der Waals surface area contributed by atoms with Crippen molar-refractivity contribution in [3.05, 3.63) is 29.8 Å². The van der Waals surface area contributed by atoms with Gasteiger partial charge in [-0.1, -0.05) is 30.9 Å². The molecule has 1 aromatic carbocycles. The van der Waals surface area contributed by atoms with Crippen LogP contribution in [0.2, 0.25) is 0 Å². The van der Waals surface area contributed by atoms with Crippen LogP contribution in [-0.2, 0) is 9.84 Å². The van der Waals surface area contributed by atoms with E-state index in [4.69, 9.17) is 9.84 Å². The molecule has 110 valence electrons. The van der Waals surface area contributed by atoms with Gasteiger partial charge in [-0.25, -0.2) is 8.42 Å². The molecule has 0 aliphatic carbocycles. The Morgan fingerprint density at radius 1 is 1.25 bits per heavy atom. The van der Waals surface area contributed by atoms with Gasteiger partial charge in [0, 0.05) is 6.42 Å². The zero-order valence-electron chi connectivity index (χ0n) is 11.6. The highest BCUT2D eigenvalue weighted by atomic mass is 32.2. The van der Waals surface area contributed by atoms with Crippen LogP contribution in [-0.4, -0.2) is 38.2 Å². The minimum absolute atomic E-state index is 0.0131. The third-order valence-corrected chi connectivity index (χ3v) is 4.33. The van der Waals surface area contributed by atoms with Crippen molar-refractivity contribution in [1.82, 2.24) is 0 Å². The summed E-state index contributed by atoms with van der Waals surface area (Å²) in [6.45, 7) is 1.98. The topological polar surface area (TPSA) is 63.6 Å². The number of hydrogen-bond acceptors (Lipinski definition) is 4. The minimum atomic E-state index is -3.03. The van der Waals surface area contributed by atoms with Gasteiger partial charge in [0.25, 0.3) is 0 Å². The Hall–Kier alpha value is -1.51. The quantitative estimate of drug-likeness (QED) is 0.777. The van der Waals surface area contributed by atoms with Crippen LogP contribution >= 0.6 is 0 Å². The Morgan fingerprint density at radius 2 is 2.00 bits per heavy atom. The van der Waals surface area contributed by atoms with Crippen molar-refractivity contribution >= 4 is 9.84 Å². The van der Waals surface area contributed by atoms with Gasteiger partial charge in [-0.3, -0.25) is 0 Å². The van der Waals surface area contributed by atoms with Crippen molar-refractivity contribution in [1.29, 1.82) is 0 Å². The molecule has 0 aliphatic heterocycles. The van der Waals surface area contributed by atoms with E-state index in [1.165, 1.54) is 0 Å². The zero-order valence-corrected chi connectivity index (χ0v) is 12.4. The molecule has 0 saturated heterocycles. The number of aliphatic hydroxyl groups excluding tert-OH is 1. The van der Waals surface area contributed by atoms with Gasteiger partial charge in [-0.15, -0.1) is 0 Å². The summed E-state index contributed by atoms with van der Waals surface area (Å²) >= 11 is 0. The zero-order chi connectivity index (χ0) is 14.8. The van der Waals surface area contributed by atoms with Gasteiger partial charge in [0.2, 0.25) is 0 Å². The van der Waals surface area contributed by atoms with Crippen molar-refractivity contribution in [3.63, 3.8) is 0 Å². The summed E-state index contributed by atoms with van der Waals surface area (Å²) in [5, 5.41) is 8.69. The molecule has 0 saturated carbocycles. The maximum atomic E-state index is 11.6. The van der Waals surface area contributed by atoms with Crippen molar-refractivity contribution in [2.24, 2.45) is 0 Å². The summed E-state index contributed by atoms with van der Waals surface area (Å²) in [5.41, 5.74) is 0.703. The maximum absolute atomic E-state index is 11.6. The first-order valence-corrected chi connectivity index (χ1v) is 8.43. The van der Waals surface area contributed by atoms with Crippen LogP contribution < -0.4 is 4.74 Å². The smallest absolute Gasteiger partial charge is 0.153 e. The molecule has 0 aliphatic rings. The van der Waals surface area contributed by atoms with Crippen molar-refractivity contribution in [2.75, 3.05) is 24.7 Å². The molecule has 0 atom stereocenters. The lowest BCUT2D eigenvalue weighted by molar-refractivity contribution is 0.305. The average Bonchev–Trinajstić information content (AvgIpc) is 2.40. The monoisotopic (exact) mass is 296 g/mol. The molecule has 4 nitrogen and oxygen atoms in total. The second-order valence-electron chi connectivity index (χ2n) is 4.27. The van der Waals surface area contributed by atoms with Crippen molar-refractivity contribution < 1.29 is 18.3 Å². The summed E-state index contributed by atoms with van der Waals surface area (Å²) < 4.78 is 28.7. The summed E-state index contributed by atoms with van der Waals surface area (Å²) in [7, 11) is -3.03. The average molecular weight is 296 g/mol. The number of sulfone groups is 1. The van der Waals surface area contributed by atoms with E-state index in [0.29, 0.717) is 24.2 Å². The number of aliphatic hydroxyl groups is 1. The fourth-order valence-electron chi connectivity index (χ4n) is 1.60. The third-order valence-electron chi connectivity index (χ3n) is 2.51. The lowest BCUT2D eigenvalue weighted by atomic mass is 10.2. The van der Waals surface area contributed by atoms with Crippen LogP contribution in [0.15, 0.2) is 24.3 Å². The Labute approximate surface area is 120 Å². The molecular weight excluding hydrogens is 276 g/mol. The van der Waals surface area contributed by atoms with Gasteiger partial charge < -0.3 is 9.84 Å². The maximum Gasteiger partial charge on any atom is 0.153 e. The second-order valence-corrected chi connectivity index (χ2v) is 6.58. The van der Waals surface area contributed by atoms with Gasteiger partial charge in [-0.2, -0.15) is 0 Å². The molecule has 0 aromatic heterocycles. The first-order chi connectivity index (χ1) is 9.59. The molecular formula is C15H20O4S. The fourth-order valence-corrected chi connectivity index (χ4v) is 2.76. The van der Waals surface area contributed by atoms with E-state index < -0.39 is 9.84 Å². The van der Waals surface area contributed by atoms with Crippen LogP contribution in [0.5, 0.6) is 5.75 Å².